The van der Waals surface area contributed by atoms with Crippen molar-refractivity contribution in [1.29, 1.82) is 5.26 Å². The van der Waals surface area contributed by atoms with E-state index >= 15 is 0 Å². The SMILES string of the molecule is N#CCCSC(=S)NC(c1ccccc1)c1cccnc1. The van der Waals surface area contributed by atoms with E-state index in [2.05, 4.69) is 28.5 Å². The molecule has 0 aliphatic heterocycles. The molecule has 0 spiro atoms. The lowest BCUT2D eigenvalue weighted by atomic mass is 10.0. The predicted molar refractivity (Wildman–Crippen MR) is 90.9 cm³/mol. The van der Waals surface area contributed by atoms with E-state index in [9.17, 15) is 0 Å². The number of hydrogen-bond acceptors (Lipinski definition) is 4. The minimum Gasteiger partial charge on any atom is -0.360 e. The number of rotatable bonds is 5. The lowest BCUT2D eigenvalue weighted by Crippen LogP contribution is -2.26. The first-order valence-corrected chi connectivity index (χ1v) is 7.96. The highest BCUT2D eigenvalue weighted by Crippen LogP contribution is 2.22. The first-order valence-electron chi connectivity index (χ1n) is 6.56. The zero-order chi connectivity index (χ0) is 14.9. The first-order chi connectivity index (χ1) is 10.3. The molecular formula is C16H15N3S2. The molecule has 1 atom stereocenters. The Morgan fingerprint density at radius 1 is 1.24 bits per heavy atom. The van der Waals surface area contributed by atoms with Gasteiger partial charge in [-0.3, -0.25) is 4.98 Å². The second kappa shape index (κ2) is 8.40. The summed E-state index contributed by atoms with van der Waals surface area (Å²) in [7, 11) is 0. The van der Waals surface area contributed by atoms with Crippen molar-refractivity contribution in [3.05, 3.63) is 66.0 Å². The summed E-state index contributed by atoms with van der Waals surface area (Å²) >= 11 is 6.86. The van der Waals surface area contributed by atoms with E-state index in [-0.39, 0.29) is 6.04 Å². The van der Waals surface area contributed by atoms with Crippen molar-refractivity contribution in [2.24, 2.45) is 0 Å². The van der Waals surface area contributed by atoms with Gasteiger partial charge in [0.1, 0.15) is 4.32 Å². The Morgan fingerprint density at radius 3 is 2.67 bits per heavy atom. The molecule has 106 valence electrons. The maximum absolute atomic E-state index is 8.58. The van der Waals surface area contributed by atoms with Crippen LogP contribution in [0.2, 0.25) is 0 Å². The molecule has 1 aromatic heterocycles. The number of benzene rings is 1. The molecule has 2 rings (SSSR count). The van der Waals surface area contributed by atoms with Gasteiger partial charge in [-0.2, -0.15) is 5.26 Å². The van der Waals surface area contributed by atoms with E-state index in [1.54, 1.807) is 6.20 Å². The molecule has 3 nitrogen and oxygen atoms in total. The Morgan fingerprint density at radius 2 is 2.00 bits per heavy atom. The average molecular weight is 313 g/mol. The van der Waals surface area contributed by atoms with Gasteiger partial charge in [0.05, 0.1) is 12.1 Å². The molecule has 1 aromatic carbocycles. The van der Waals surface area contributed by atoms with Gasteiger partial charge < -0.3 is 5.32 Å². The largest absolute Gasteiger partial charge is 0.360 e. The molecule has 0 aliphatic carbocycles. The summed E-state index contributed by atoms with van der Waals surface area (Å²) in [5.41, 5.74) is 2.20. The number of nitrogens with zero attached hydrogens (tertiary/aromatic N) is 2. The maximum atomic E-state index is 8.58. The van der Waals surface area contributed by atoms with E-state index in [0.717, 1.165) is 11.1 Å². The summed E-state index contributed by atoms with van der Waals surface area (Å²) in [4.78, 5) is 4.18. The summed E-state index contributed by atoms with van der Waals surface area (Å²) in [5.74, 6) is 0.705. The lowest BCUT2D eigenvalue weighted by molar-refractivity contribution is 0.772. The fraction of sp³-hybridized carbons (Fsp3) is 0.188. The van der Waals surface area contributed by atoms with Crippen molar-refractivity contribution in [2.75, 3.05) is 5.75 Å². The quantitative estimate of drug-likeness (QED) is 0.674. The fourth-order valence-electron chi connectivity index (χ4n) is 1.90. The molecule has 0 radical (unpaired) electrons. The summed E-state index contributed by atoms with van der Waals surface area (Å²) in [6.45, 7) is 0. The lowest BCUT2D eigenvalue weighted by Gasteiger charge is -2.20. The Hall–Kier alpha value is -1.90. The average Bonchev–Trinajstić information content (AvgIpc) is 2.54. The number of thiocarbonyl (C=S) groups is 1. The van der Waals surface area contributed by atoms with Crippen molar-refractivity contribution in [3.63, 3.8) is 0 Å². The van der Waals surface area contributed by atoms with Gasteiger partial charge in [-0.15, -0.1) is 0 Å². The van der Waals surface area contributed by atoms with Crippen molar-refractivity contribution in [1.82, 2.24) is 10.3 Å². The Balaban J connectivity index is 2.14. The number of pyridine rings is 1. The molecule has 0 fully saturated rings. The van der Waals surface area contributed by atoms with Gasteiger partial charge in [0.2, 0.25) is 0 Å². The van der Waals surface area contributed by atoms with Crippen molar-refractivity contribution < 1.29 is 0 Å². The number of nitriles is 1. The first kappa shape index (κ1) is 15.5. The van der Waals surface area contributed by atoms with Crippen LogP contribution in [0.25, 0.3) is 0 Å². The molecule has 0 amide bonds. The van der Waals surface area contributed by atoms with Gasteiger partial charge in [-0.05, 0) is 17.2 Å². The van der Waals surface area contributed by atoms with Crippen LogP contribution in [-0.4, -0.2) is 15.1 Å². The smallest absolute Gasteiger partial charge is 0.134 e. The van der Waals surface area contributed by atoms with Gasteiger partial charge >= 0.3 is 0 Å². The van der Waals surface area contributed by atoms with E-state index in [0.29, 0.717) is 16.5 Å². The van der Waals surface area contributed by atoms with Crippen LogP contribution in [0.3, 0.4) is 0 Å². The highest BCUT2D eigenvalue weighted by molar-refractivity contribution is 8.22. The molecule has 0 aliphatic rings. The van der Waals surface area contributed by atoms with Crippen molar-refractivity contribution in [2.45, 2.75) is 12.5 Å². The highest BCUT2D eigenvalue weighted by atomic mass is 32.2. The zero-order valence-corrected chi connectivity index (χ0v) is 13.0. The van der Waals surface area contributed by atoms with Crippen molar-refractivity contribution in [3.8, 4) is 6.07 Å². The summed E-state index contributed by atoms with van der Waals surface area (Å²) in [5, 5.41) is 11.9. The number of nitrogens with one attached hydrogen (secondary N) is 1. The number of thioether (sulfide) groups is 1. The topological polar surface area (TPSA) is 48.7 Å². The summed E-state index contributed by atoms with van der Waals surface area (Å²) < 4.78 is 0.697. The minimum absolute atomic E-state index is 0.0259. The van der Waals surface area contributed by atoms with Gasteiger partial charge in [0.25, 0.3) is 0 Å². The van der Waals surface area contributed by atoms with E-state index in [1.807, 2.05) is 36.5 Å². The van der Waals surface area contributed by atoms with Gasteiger partial charge in [0.15, 0.2) is 0 Å². The number of hydrogen-bond donors (Lipinski definition) is 1. The van der Waals surface area contributed by atoms with Crippen LogP contribution in [0.5, 0.6) is 0 Å². The van der Waals surface area contributed by atoms with E-state index in [1.165, 1.54) is 11.8 Å². The third-order valence-electron chi connectivity index (χ3n) is 2.86. The molecular weight excluding hydrogens is 298 g/mol. The van der Waals surface area contributed by atoms with E-state index < -0.39 is 0 Å². The van der Waals surface area contributed by atoms with Crippen LogP contribution in [0.15, 0.2) is 54.9 Å². The number of aromatic nitrogens is 1. The molecule has 2 aromatic rings. The minimum atomic E-state index is -0.0259. The predicted octanol–water partition coefficient (Wildman–Crippen LogP) is 3.69. The van der Waals surface area contributed by atoms with Gasteiger partial charge in [-0.25, -0.2) is 0 Å². The molecule has 1 unspecified atom stereocenters. The Labute approximate surface area is 134 Å². The van der Waals surface area contributed by atoms with Gasteiger partial charge in [-0.1, -0.05) is 60.4 Å². The van der Waals surface area contributed by atoms with Crippen LogP contribution >= 0.6 is 24.0 Å². The van der Waals surface area contributed by atoms with Gasteiger partial charge in [0, 0.05) is 24.6 Å². The monoisotopic (exact) mass is 313 g/mol. The second-order valence-corrected chi connectivity index (χ2v) is 6.09. The van der Waals surface area contributed by atoms with Crippen LogP contribution in [0, 0.1) is 11.3 Å². The molecule has 0 saturated heterocycles. The maximum Gasteiger partial charge on any atom is 0.134 e. The van der Waals surface area contributed by atoms with Crippen LogP contribution in [0.1, 0.15) is 23.6 Å². The zero-order valence-electron chi connectivity index (χ0n) is 11.4. The standard InChI is InChI=1S/C16H15N3S2/c17-9-5-11-21-16(20)19-15(13-6-2-1-3-7-13)14-8-4-10-18-12-14/h1-4,6-8,10,12,15H,5,11H2,(H,19,20). The summed E-state index contributed by atoms with van der Waals surface area (Å²) in [6, 6.07) is 16.2. The van der Waals surface area contributed by atoms with Crippen LogP contribution in [-0.2, 0) is 0 Å². The molecule has 0 saturated carbocycles. The normalized spacial score (nSPS) is 11.4. The van der Waals surface area contributed by atoms with Crippen LogP contribution in [0.4, 0.5) is 0 Å². The highest BCUT2D eigenvalue weighted by Gasteiger charge is 2.15. The van der Waals surface area contributed by atoms with E-state index in [4.69, 9.17) is 17.5 Å². The molecule has 5 heteroatoms. The van der Waals surface area contributed by atoms with Crippen LogP contribution < -0.4 is 5.32 Å². The second-order valence-electron chi connectivity index (χ2n) is 4.32. The Kier molecular flexibility index (Phi) is 6.20. The molecule has 21 heavy (non-hydrogen) atoms. The Bertz CT molecular complexity index is 569. The summed E-state index contributed by atoms with van der Waals surface area (Å²) in [6.07, 6.45) is 4.09. The molecule has 1 N–H and O–H groups in total. The van der Waals surface area contributed by atoms with Crippen molar-refractivity contribution >= 4 is 28.3 Å². The molecule has 1 heterocycles. The third-order valence-corrected chi connectivity index (χ3v) is 4.12. The molecule has 0 bridgehead atoms. The third kappa shape index (κ3) is 4.85. The fourth-order valence-corrected chi connectivity index (χ4v) is 2.85.